The van der Waals surface area contributed by atoms with E-state index in [4.69, 9.17) is 23.2 Å². The zero-order valence-electron chi connectivity index (χ0n) is 10.2. The second kappa shape index (κ2) is 5.50. The van der Waals surface area contributed by atoms with E-state index >= 15 is 0 Å². The zero-order chi connectivity index (χ0) is 15.0. The molecular weight excluding hydrogens is 357 g/mol. The summed E-state index contributed by atoms with van der Waals surface area (Å²) in [7, 11) is -3.69. The number of hydrogen-bond donors (Lipinski definition) is 1. The molecule has 0 atom stereocenters. The van der Waals surface area contributed by atoms with Gasteiger partial charge in [-0.25, -0.2) is 13.1 Å². The molecule has 21 heavy (non-hydrogen) atoms. The van der Waals surface area contributed by atoms with Crippen molar-refractivity contribution in [3.8, 4) is 0 Å². The Labute approximate surface area is 133 Å². The lowest BCUT2D eigenvalue weighted by Gasteiger charge is -2.06. The summed E-state index contributed by atoms with van der Waals surface area (Å²) in [6, 6.07) is 4.11. The average Bonchev–Trinajstić information content (AvgIpc) is 3.00. The van der Waals surface area contributed by atoms with Gasteiger partial charge in [0.25, 0.3) is 0 Å². The number of sulfonamides is 1. The van der Waals surface area contributed by atoms with Crippen molar-refractivity contribution in [1.82, 2.24) is 24.5 Å². The van der Waals surface area contributed by atoms with Crippen LogP contribution in [0.3, 0.4) is 0 Å². The summed E-state index contributed by atoms with van der Waals surface area (Å²) in [4.78, 5) is 0.638. The van der Waals surface area contributed by atoms with Crippen LogP contribution in [-0.2, 0) is 16.6 Å². The van der Waals surface area contributed by atoms with Gasteiger partial charge in [-0.3, -0.25) is 0 Å². The summed E-state index contributed by atoms with van der Waals surface area (Å²) < 4.78 is 28.2. The van der Waals surface area contributed by atoms with Gasteiger partial charge in [0.15, 0.2) is 0 Å². The Morgan fingerprint density at radius 2 is 2.10 bits per heavy atom. The molecule has 3 rings (SSSR count). The summed E-state index contributed by atoms with van der Waals surface area (Å²) in [6.07, 6.45) is 1.45. The fourth-order valence-corrected chi connectivity index (χ4v) is 3.78. The second-order valence-corrected chi connectivity index (χ2v) is 7.58. The molecule has 0 unspecified atom stereocenters. The molecule has 1 aromatic carbocycles. The van der Waals surface area contributed by atoms with E-state index in [-0.39, 0.29) is 16.5 Å². The smallest absolute Gasteiger partial charge is 0.207 e. The first-order valence-electron chi connectivity index (χ1n) is 5.56. The molecule has 7 nitrogen and oxygen atoms in total. The predicted octanol–water partition coefficient (Wildman–Crippen LogP) is 1.97. The minimum atomic E-state index is -3.69. The molecule has 0 amide bonds. The summed E-state index contributed by atoms with van der Waals surface area (Å²) in [6.45, 7) is 0.0522. The molecule has 3 aromatic rings. The highest BCUT2D eigenvalue weighted by molar-refractivity contribution is 7.89. The van der Waals surface area contributed by atoms with E-state index in [2.05, 4.69) is 20.0 Å². The molecule has 2 aromatic heterocycles. The number of hydrogen-bond acceptors (Lipinski definition) is 6. The van der Waals surface area contributed by atoms with Gasteiger partial charge in [-0.2, -0.15) is 9.61 Å². The molecule has 0 spiro atoms. The van der Waals surface area contributed by atoms with Gasteiger partial charge in [0.1, 0.15) is 11.3 Å². The lowest BCUT2D eigenvalue weighted by Crippen LogP contribution is -2.23. The van der Waals surface area contributed by atoms with Crippen molar-refractivity contribution in [3.63, 3.8) is 0 Å². The van der Waals surface area contributed by atoms with Gasteiger partial charge in [-0.15, -0.1) is 10.2 Å². The Bertz CT molecular complexity index is 877. The maximum absolute atomic E-state index is 12.2. The van der Waals surface area contributed by atoms with Crippen LogP contribution in [0.1, 0.15) is 5.01 Å². The zero-order valence-corrected chi connectivity index (χ0v) is 13.3. The lowest BCUT2D eigenvalue weighted by atomic mass is 10.4. The van der Waals surface area contributed by atoms with E-state index in [0.29, 0.717) is 15.0 Å². The minimum absolute atomic E-state index is 0.0416. The largest absolute Gasteiger partial charge is 0.241 e. The van der Waals surface area contributed by atoms with Gasteiger partial charge in [-0.05, 0) is 18.2 Å². The molecule has 2 heterocycles. The number of halogens is 2. The van der Waals surface area contributed by atoms with Crippen molar-refractivity contribution in [2.24, 2.45) is 0 Å². The monoisotopic (exact) mass is 363 g/mol. The number of fused-ring (bicyclic) bond motifs is 1. The highest BCUT2D eigenvalue weighted by Gasteiger charge is 2.16. The quantitative estimate of drug-likeness (QED) is 0.765. The van der Waals surface area contributed by atoms with Crippen LogP contribution in [0, 0.1) is 0 Å². The molecular formula is C10H7Cl2N5O2S2. The first kappa shape index (κ1) is 14.7. The van der Waals surface area contributed by atoms with E-state index in [0.717, 1.165) is 0 Å². The van der Waals surface area contributed by atoms with Crippen LogP contribution in [-0.4, -0.2) is 28.2 Å². The highest BCUT2D eigenvalue weighted by Crippen LogP contribution is 2.24. The van der Waals surface area contributed by atoms with Crippen LogP contribution in [0.4, 0.5) is 0 Å². The summed E-state index contributed by atoms with van der Waals surface area (Å²) in [5.74, 6) is 0. The molecule has 110 valence electrons. The standard InChI is InChI=1S/C10H7Cl2N5O2S2/c11-7-2-1-6(3-8(7)12)21(18,19)14-4-9-16-17-5-13-15-10(17)20-9/h1-3,5,14H,4H2. The molecule has 0 aliphatic heterocycles. The summed E-state index contributed by atoms with van der Waals surface area (Å²) >= 11 is 12.8. The third kappa shape index (κ3) is 3.01. The van der Waals surface area contributed by atoms with Crippen LogP contribution in [0.5, 0.6) is 0 Å². The normalized spacial score (nSPS) is 12.1. The Morgan fingerprint density at radius 3 is 2.81 bits per heavy atom. The van der Waals surface area contributed by atoms with E-state index in [1.807, 2.05) is 0 Å². The summed E-state index contributed by atoms with van der Waals surface area (Å²) in [5, 5.41) is 12.7. The molecule has 0 saturated heterocycles. The van der Waals surface area contributed by atoms with Crippen LogP contribution in [0.25, 0.3) is 4.96 Å². The first-order chi connectivity index (χ1) is 9.95. The fourth-order valence-electron chi connectivity index (χ4n) is 1.56. The van der Waals surface area contributed by atoms with Crippen LogP contribution >= 0.6 is 34.5 Å². The van der Waals surface area contributed by atoms with Crippen molar-refractivity contribution in [2.75, 3.05) is 0 Å². The molecule has 11 heteroatoms. The molecule has 1 N–H and O–H groups in total. The molecule has 0 saturated carbocycles. The van der Waals surface area contributed by atoms with Crippen LogP contribution < -0.4 is 4.72 Å². The Balaban J connectivity index is 1.79. The maximum Gasteiger partial charge on any atom is 0.241 e. The molecule has 0 aliphatic carbocycles. The number of benzene rings is 1. The van der Waals surface area contributed by atoms with Gasteiger partial charge in [-0.1, -0.05) is 34.5 Å². The fraction of sp³-hybridized carbons (Fsp3) is 0.100. The third-order valence-corrected chi connectivity index (χ3v) is 5.59. The SMILES string of the molecule is O=S(=O)(NCc1nn2cnnc2s1)c1ccc(Cl)c(Cl)c1. The van der Waals surface area contributed by atoms with Crippen molar-refractivity contribution < 1.29 is 8.42 Å². The van der Waals surface area contributed by atoms with E-state index < -0.39 is 10.0 Å². The van der Waals surface area contributed by atoms with Gasteiger partial charge in [0, 0.05) is 0 Å². The topological polar surface area (TPSA) is 89.2 Å². The molecule has 0 bridgehead atoms. The third-order valence-electron chi connectivity index (χ3n) is 2.54. The molecule has 0 fully saturated rings. The van der Waals surface area contributed by atoms with Gasteiger partial charge in [0.2, 0.25) is 15.0 Å². The van der Waals surface area contributed by atoms with Crippen molar-refractivity contribution in [3.05, 3.63) is 39.6 Å². The van der Waals surface area contributed by atoms with Gasteiger partial charge in [0.05, 0.1) is 21.5 Å². The number of rotatable bonds is 4. The van der Waals surface area contributed by atoms with Crippen molar-refractivity contribution in [2.45, 2.75) is 11.4 Å². The van der Waals surface area contributed by atoms with Crippen LogP contribution in [0.2, 0.25) is 10.0 Å². The van der Waals surface area contributed by atoms with Crippen LogP contribution in [0.15, 0.2) is 29.4 Å². The van der Waals surface area contributed by atoms with Crippen molar-refractivity contribution >= 4 is 49.5 Å². The highest BCUT2D eigenvalue weighted by atomic mass is 35.5. The first-order valence-corrected chi connectivity index (χ1v) is 8.62. The Hall–Kier alpha value is -1.26. The van der Waals surface area contributed by atoms with Gasteiger partial charge < -0.3 is 0 Å². The predicted molar refractivity (Wildman–Crippen MR) is 79.1 cm³/mol. The average molecular weight is 364 g/mol. The molecule has 0 radical (unpaired) electrons. The number of aromatic nitrogens is 4. The minimum Gasteiger partial charge on any atom is -0.207 e. The van der Waals surface area contributed by atoms with E-state index in [1.54, 1.807) is 0 Å². The Kier molecular flexibility index (Phi) is 3.84. The van der Waals surface area contributed by atoms with Gasteiger partial charge >= 0.3 is 0 Å². The second-order valence-electron chi connectivity index (χ2n) is 3.95. The Morgan fingerprint density at radius 1 is 1.29 bits per heavy atom. The van der Waals surface area contributed by atoms with E-state index in [9.17, 15) is 8.42 Å². The maximum atomic E-state index is 12.2. The van der Waals surface area contributed by atoms with E-state index in [1.165, 1.54) is 40.4 Å². The van der Waals surface area contributed by atoms with Crippen molar-refractivity contribution in [1.29, 1.82) is 0 Å². The summed E-state index contributed by atoms with van der Waals surface area (Å²) in [5.41, 5.74) is 0. The number of nitrogens with zero attached hydrogens (tertiary/aromatic N) is 4. The lowest BCUT2D eigenvalue weighted by molar-refractivity contribution is 0.580. The number of nitrogens with one attached hydrogen (secondary N) is 1. The molecule has 0 aliphatic rings.